The predicted octanol–water partition coefficient (Wildman–Crippen LogP) is 1.08. The summed E-state index contributed by atoms with van der Waals surface area (Å²) in [4.78, 5) is 1.90. The molecule has 5 atom stereocenters. The van der Waals surface area contributed by atoms with Gasteiger partial charge in [0.05, 0.1) is 18.2 Å². The summed E-state index contributed by atoms with van der Waals surface area (Å²) in [6.45, 7) is 2.42. The summed E-state index contributed by atoms with van der Waals surface area (Å²) in [5.74, 6) is 0.125. The highest BCUT2D eigenvalue weighted by Gasteiger charge is 2.53. The fourth-order valence-electron chi connectivity index (χ4n) is 4.00. The molecule has 26 heavy (non-hydrogen) atoms. The van der Waals surface area contributed by atoms with E-state index in [1.807, 2.05) is 65.6 Å². The Morgan fingerprint density at radius 2 is 1.58 bits per heavy atom. The molecule has 0 aromatic heterocycles. The van der Waals surface area contributed by atoms with Crippen molar-refractivity contribution in [1.29, 1.82) is 0 Å². The minimum atomic E-state index is -1.31. The molecule has 1 heterocycles. The van der Waals surface area contributed by atoms with Gasteiger partial charge in [-0.1, -0.05) is 67.6 Å². The summed E-state index contributed by atoms with van der Waals surface area (Å²) < 4.78 is 0. The maximum atomic E-state index is 10.9. The van der Waals surface area contributed by atoms with Gasteiger partial charge in [0.2, 0.25) is 0 Å². The maximum Gasteiger partial charge on any atom is 0.109 e. The summed E-state index contributed by atoms with van der Waals surface area (Å²) in [7, 11) is 0. The lowest BCUT2D eigenvalue weighted by molar-refractivity contribution is -0.192. The molecule has 0 saturated carbocycles. The first-order chi connectivity index (χ1) is 12.5. The molecule has 3 rings (SSSR count). The van der Waals surface area contributed by atoms with Gasteiger partial charge in [-0.2, -0.15) is 0 Å². The largest absolute Gasteiger partial charge is 0.394 e. The van der Waals surface area contributed by atoms with Gasteiger partial charge in [-0.05, 0) is 17.0 Å². The van der Waals surface area contributed by atoms with Crippen LogP contribution in [0.5, 0.6) is 0 Å². The molecule has 0 spiro atoms. The van der Waals surface area contributed by atoms with E-state index in [2.05, 4.69) is 6.92 Å². The molecule has 0 amide bonds. The molecule has 0 bridgehead atoms. The van der Waals surface area contributed by atoms with Crippen molar-refractivity contribution >= 4 is 0 Å². The van der Waals surface area contributed by atoms with Gasteiger partial charge in [-0.3, -0.25) is 4.90 Å². The fraction of sp³-hybridized carbons (Fsp3) is 0.429. The average molecular weight is 357 g/mol. The minimum absolute atomic E-state index is 0.125. The van der Waals surface area contributed by atoms with E-state index in [0.717, 1.165) is 11.1 Å². The highest BCUT2D eigenvalue weighted by Crippen LogP contribution is 2.39. The maximum absolute atomic E-state index is 10.9. The number of likely N-dealkylation sites (tertiary alicyclic amines) is 1. The molecule has 2 aromatic rings. The highest BCUT2D eigenvalue weighted by atomic mass is 16.4. The molecule has 1 saturated heterocycles. The molecule has 0 aliphatic carbocycles. The smallest absolute Gasteiger partial charge is 0.109 e. The summed E-state index contributed by atoms with van der Waals surface area (Å²) in [6, 6.07) is 19.2. The third-order valence-corrected chi connectivity index (χ3v) is 5.56. The van der Waals surface area contributed by atoms with E-state index >= 15 is 0 Å². The van der Waals surface area contributed by atoms with Crippen LogP contribution >= 0.6 is 0 Å². The second kappa shape index (κ2) is 7.86. The van der Waals surface area contributed by atoms with Crippen LogP contribution in [0.4, 0.5) is 0 Å². The third kappa shape index (κ3) is 3.29. The summed E-state index contributed by atoms with van der Waals surface area (Å²) in [5.41, 5.74) is 0.701. The van der Waals surface area contributed by atoms with Gasteiger partial charge in [-0.25, -0.2) is 0 Å². The van der Waals surface area contributed by atoms with Crippen LogP contribution in [0.2, 0.25) is 0 Å². The molecule has 0 radical (unpaired) electrons. The second-order valence-corrected chi connectivity index (χ2v) is 7.17. The number of nitrogens with zero attached hydrogens (tertiary/aromatic N) is 1. The molecule has 1 aliphatic heterocycles. The van der Waals surface area contributed by atoms with E-state index in [1.54, 1.807) is 0 Å². The van der Waals surface area contributed by atoms with Crippen LogP contribution in [0.15, 0.2) is 60.7 Å². The third-order valence-electron chi connectivity index (χ3n) is 5.56. The van der Waals surface area contributed by atoms with Crippen LogP contribution in [-0.4, -0.2) is 63.3 Å². The van der Waals surface area contributed by atoms with E-state index < -0.39 is 23.9 Å². The predicted molar refractivity (Wildman–Crippen MR) is 99.7 cm³/mol. The Labute approximate surface area is 154 Å². The van der Waals surface area contributed by atoms with E-state index in [4.69, 9.17) is 0 Å². The number of β-amino-alcohol motifs (C(OH)–C–C–N with tert-alkyl or cyclic N) is 1. The van der Waals surface area contributed by atoms with Crippen LogP contribution in [-0.2, 0) is 5.54 Å². The summed E-state index contributed by atoms with van der Waals surface area (Å²) >= 11 is 0. The zero-order chi connectivity index (χ0) is 18.7. The molecule has 4 N–H and O–H groups in total. The Kier molecular flexibility index (Phi) is 5.75. The van der Waals surface area contributed by atoms with E-state index in [-0.39, 0.29) is 19.1 Å². The molecule has 2 aromatic carbocycles. The molecule has 0 unspecified atom stereocenters. The van der Waals surface area contributed by atoms with Crippen molar-refractivity contribution in [2.75, 3.05) is 19.7 Å². The molecule has 1 fully saturated rings. The lowest BCUT2D eigenvalue weighted by Gasteiger charge is -2.53. The van der Waals surface area contributed by atoms with Crippen molar-refractivity contribution in [3.05, 3.63) is 71.8 Å². The van der Waals surface area contributed by atoms with Gasteiger partial charge in [0.15, 0.2) is 0 Å². The van der Waals surface area contributed by atoms with E-state index in [1.165, 1.54) is 0 Å². The Morgan fingerprint density at radius 3 is 2.15 bits per heavy atom. The molecular formula is C21H27NO4. The zero-order valence-electron chi connectivity index (χ0n) is 14.9. The van der Waals surface area contributed by atoms with Crippen LogP contribution in [0.3, 0.4) is 0 Å². The molecule has 5 heteroatoms. The van der Waals surface area contributed by atoms with E-state index in [0.29, 0.717) is 6.54 Å². The van der Waals surface area contributed by atoms with Crippen molar-refractivity contribution in [2.45, 2.75) is 36.7 Å². The first-order valence-electron chi connectivity index (χ1n) is 9.01. The molecule has 140 valence electrons. The van der Waals surface area contributed by atoms with Gasteiger partial charge >= 0.3 is 0 Å². The van der Waals surface area contributed by atoms with Crippen LogP contribution in [0.25, 0.3) is 0 Å². The van der Waals surface area contributed by atoms with Crippen molar-refractivity contribution in [1.82, 2.24) is 4.90 Å². The molecular weight excluding hydrogens is 330 g/mol. The Hall–Kier alpha value is -1.76. The van der Waals surface area contributed by atoms with Gasteiger partial charge < -0.3 is 20.4 Å². The number of benzene rings is 2. The molecule has 5 nitrogen and oxygen atoms in total. The zero-order valence-corrected chi connectivity index (χ0v) is 14.9. The minimum Gasteiger partial charge on any atom is -0.394 e. The van der Waals surface area contributed by atoms with Gasteiger partial charge in [0, 0.05) is 13.1 Å². The number of aliphatic hydroxyl groups excluding tert-OH is 4. The van der Waals surface area contributed by atoms with Gasteiger partial charge in [-0.15, -0.1) is 0 Å². The fourth-order valence-corrected chi connectivity index (χ4v) is 4.00. The number of piperidine rings is 1. The first kappa shape index (κ1) is 19.0. The Morgan fingerprint density at radius 1 is 1.00 bits per heavy atom. The summed E-state index contributed by atoms with van der Waals surface area (Å²) in [6.07, 6.45) is -3.69. The Bertz CT molecular complexity index is 696. The van der Waals surface area contributed by atoms with E-state index in [9.17, 15) is 20.4 Å². The lowest BCUT2D eigenvalue weighted by atomic mass is 9.75. The standard InChI is InChI=1S/C21H27NO4/c1-15(16-8-4-2-5-9-16)12-22-13-18(24)19(25)20(26)21(22,14-23)17-10-6-3-7-11-17/h2-11,15,18-20,23-26H,12-14H2,1H3/t15-,18-,19+,20-,21-/m0/s1. The van der Waals surface area contributed by atoms with Crippen LogP contribution in [0.1, 0.15) is 24.0 Å². The van der Waals surface area contributed by atoms with Crippen LogP contribution < -0.4 is 0 Å². The first-order valence-corrected chi connectivity index (χ1v) is 9.01. The molecule has 1 aliphatic rings. The number of hydrogen-bond acceptors (Lipinski definition) is 5. The SMILES string of the molecule is C[C@@H](CN1C[C@H](O)[C@@H](O)[C@H](O)[C@]1(CO)c1ccccc1)c1ccccc1. The number of aliphatic hydroxyl groups is 4. The van der Waals surface area contributed by atoms with Crippen LogP contribution in [0, 0.1) is 0 Å². The van der Waals surface area contributed by atoms with Crippen molar-refractivity contribution in [3.63, 3.8) is 0 Å². The summed E-state index contributed by atoms with van der Waals surface area (Å²) in [5, 5.41) is 41.7. The lowest BCUT2D eigenvalue weighted by Crippen LogP contribution is -2.69. The van der Waals surface area contributed by atoms with Gasteiger partial charge in [0.25, 0.3) is 0 Å². The van der Waals surface area contributed by atoms with Crippen molar-refractivity contribution < 1.29 is 20.4 Å². The van der Waals surface area contributed by atoms with Crippen molar-refractivity contribution in [3.8, 4) is 0 Å². The van der Waals surface area contributed by atoms with Gasteiger partial charge in [0.1, 0.15) is 12.2 Å². The highest BCUT2D eigenvalue weighted by molar-refractivity contribution is 5.30. The quantitative estimate of drug-likeness (QED) is 0.644. The average Bonchev–Trinajstić information content (AvgIpc) is 2.68. The van der Waals surface area contributed by atoms with Crippen molar-refractivity contribution in [2.24, 2.45) is 0 Å². The number of rotatable bonds is 5. The number of hydrogen-bond donors (Lipinski definition) is 4. The topological polar surface area (TPSA) is 84.2 Å². The Balaban J connectivity index is 1.99. The monoisotopic (exact) mass is 357 g/mol. The second-order valence-electron chi connectivity index (χ2n) is 7.17. The normalized spacial score (nSPS) is 30.9.